The number of alkyl halides is 2. The molecule has 1 heterocycles. The van der Waals surface area contributed by atoms with Gasteiger partial charge in [-0.05, 0) is 29.3 Å². The van der Waals surface area contributed by atoms with E-state index < -0.39 is 24.4 Å². The molecule has 0 radical (unpaired) electrons. The monoisotopic (exact) mass is 520 g/mol. The van der Waals surface area contributed by atoms with Crippen LogP contribution >= 0.6 is 35.3 Å². The predicted molar refractivity (Wildman–Crippen MR) is 114 cm³/mol. The van der Waals surface area contributed by atoms with Gasteiger partial charge in [-0.1, -0.05) is 28.1 Å². The number of benzene rings is 2. The maximum Gasteiger partial charge on any atom is 0.399 e. The first-order valence-corrected chi connectivity index (χ1v) is 12.0. The first kappa shape index (κ1) is 23.0. The van der Waals surface area contributed by atoms with Gasteiger partial charge in [0.15, 0.2) is 0 Å². The summed E-state index contributed by atoms with van der Waals surface area (Å²) in [7, 11) is -4.13. The number of rotatable bonds is 7. The fraction of sp³-hybridized carbons (Fsp3) is 0.211. The van der Waals surface area contributed by atoms with Crippen LogP contribution in [-0.4, -0.2) is 16.9 Å². The van der Waals surface area contributed by atoms with E-state index in [1.54, 1.807) is 18.2 Å². The van der Waals surface area contributed by atoms with Crippen molar-refractivity contribution in [1.82, 2.24) is 0 Å². The van der Waals surface area contributed by atoms with Gasteiger partial charge < -0.3 is 18.9 Å². The van der Waals surface area contributed by atoms with Gasteiger partial charge in [0.2, 0.25) is 0 Å². The normalized spacial score (nSPS) is 12.3. The third-order valence-corrected chi connectivity index (χ3v) is 6.97. The summed E-state index contributed by atoms with van der Waals surface area (Å²) < 4.78 is 49.2. The number of fused-ring (bicyclic) bond motifs is 1. The molecule has 160 valence electrons. The van der Waals surface area contributed by atoms with Crippen LogP contribution in [0.1, 0.15) is 16.7 Å². The molecule has 0 bridgehead atoms. The highest BCUT2D eigenvalue weighted by Gasteiger charge is 2.51. The zero-order valence-electron chi connectivity index (χ0n) is 15.5. The van der Waals surface area contributed by atoms with E-state index in [1.165, 1.54) is 37.1 Å². The Balaban J connectivity index is 1.77. The van der Waals surface area contributed by atoms with Gasteiger partial charge in [-0.2, -0.15) is 20.5 Å². The average Bonchev–Trinajstić information content (AvgIpc) is 2.66. The van der Waals surface area contributed by atoms with E-state index in [0.29, 0.717) is 28.4 Å². The van der Waals surface area contributed by atoms with Crippen LogP contribution in [-0.2, 0) is 21.7 Å². The van der Waals surface area contributed by atoms with E-state index in [4.69, 9.17) is 18.9 Å². The highest BCUT2D eigenvalue weighted by Crippen LogP contribution is 2.60. The van der Waals surface area contributed by atoms with Crippen LogP contribution in [0.25, 0.3) is 11.0 Å². The second kappa shape index (κ2) is 8.80. The molecular formula is C19H16BrF2O6PS. The van der Waals surface area contributed by atoms with Crippen molar-refractivity contribution in [2.45, 2.75) is 17.2 Å². The summed E-state index contributed by atoms with van der Waals surface area (Å²) in [6.07, 6.45) is 0. The Morgan fingerprint density at radius 2 is 1.90 bits per heavy atom. The molecule has 30 heavy (non-hydrogen) atoms. The van der Waals surface area contributed by atoms with Gasteiger partial charge in [-0.25, -0.2) is 4.79 Å². The number of halogens is 3. The Kier molecular flexibility index (Phi) is 6.74. The largest absolute Gasteiger partial charge is 0.497 e. The number of hydrogen-bond acceptors (Lipinski definition) is 5. The Morgan fingerprint density at radius 3 is 2.53 bits per heavy atom. The van der Waals surface area contributed by atoms with Crippen molar-refractivity contribution < 1.29 is 32.3 Å². The zero-order valence-corrected chi connectivity index (χ0v) is 18.8. The molecule has 11 heteroatoms. The van der Waals surface area contributed by atoms with Crippen LogP contribution in [0.3, 0.4) is 0 Å². The molecule has 1 aromatic heterocycles. The molecule has 0 saturated carbocycles. The van der Waals surface area contributed by atoms with Crippen LogP contribution in [0.2, 0.25) is 0 Å². The van der Waals surface area contributed by atoms with Crippen molar-refractivity contribution in [3.05, 3.63) is 74.0 Å². The summed E-state index contributed by atoms with van der Waals surface area (Å²) in [6.45, 7) is 0. The summed E-state index contributed by atoms with van der Waals surface area (Å²) in [4.78, 5) is 29.6. The molecule has 2 aromatic carbocycles. The maximum absolute atomic E-state index is 13.9. The molecule has 3 rings (SSSR count). The number of thioether (sulfide) groups is 1. The van der Waals surface area contributed by atoms with Crippen molar-refractivity contribution in [3.63, 3.8) is 0 Å². The molecular weight excluding hydrogens is 505 g/mol. The maximum atomic E-state index is 13.9. The fourth-order valence-electron chi connectivity index (χ4n) is 2.78. The number of methoxy groups -OCH3 is 1. The van der Waals surface area contributed by atoms with Gasteiger partial charge in [0, 0.05) is 39.1 Å². The van der Waals surface area contributed by atoms with Gasteiger partial charge in [0.1, 0.15) is 11.3 Å². The van der Waals surface area contributed by atoms with Gasteiger partial charge >= 0.3 is 18.9 Å². The molecule has 3 aromatic rings. The average molecular weight is 521 g/mol. The first-order chi connectivity index (χ1) is 14.0. The lowest BCUT2D eigenvalue weighted by molar-refractivity contribution is 0.0557. The van der Waals surface area contributed by atoms with Crippen molar-refractivity contribution in [2.75, 3.05) is 7.11 Å². The summed E-state index contributed by atoms with van der Waals surface area (Å²) in [5.74, 6) is 1.46. The van der Waals surface area contributed by atoms with Crippen molar-refractivity contribution in [2.24, 2.45) is 0 Å². The first-order valence-electron chi connectivity index (χ1n) is 8.44. The molecule has 0 atom stereocenters. The molecule has 0 unspecified atom stereocenters. The molecule has 2 N–H and O–H groups in total. The lowest BCUT2D eigenvalue weighted by atomic mass is 10.1. The molecule has 0 amide bonds. The lowest BCUT2D eigenvalue weighted by Gasteiger charge is -2.19. The van der Waals surface area contributed by atoms with E-state index in [2.05, 4.69) is 15.9 Å². The third-order valence-electron chi connectivity index (χ3n) is 4.29. The van der Waals surface area contributed by atoms with Crippen LogP contribution in [0.4, 0.5) is 8.78 Å². The summed E-state index contributed by atoms with van der Waals surface area (Å²) in [5, 5.41) is 0.765. The smallest absolute Gasteiger partial charge is 0.399 e. The van der Waals surface area contributed by atoms with Crippen LogP contribution in [0.15, 0.2) is 56.1 Å². The van der Waals surface area contributed by atoms with Crippen LogP contribution < -0.4 is 10.4 Å². The molecule has 0 saturated heterocycles. The highest BCUT2D eigenvalue weighted by molar-refractivity contribution is 9.10. The molecule has 0 spiro atoms. The van der Waals surface area contributed by atoms with E-state index in [9.17, 15) is 18.1 Å². The van der Waals surface area contributed by atoms with E-state index >= 15 is 0 Å². The second-order valence-electron chi connectivity index (χ2n) is 6.35. The highest BCUT2D eigenvalue weighted by atomic mass is 79.9. The molecule has 0 fully saturated rings. The van der Waals surface area contributed by atoms with Crippen LogP contribution in [0.5, 0.6) is 5.75 Å². The minimum Gasteiger partial charge on any atom is -0.497 e. The molecule has 0 aliphatic carbocycles. The van der Waals surface area contributed by atoms with Crippen molar-refractivity contribution in [3.8, 4) is 5.75 Å². The topological polar surface area (TPSA) is 97.0 Å². The summed E-state index contributed by atoms with van der Waals surface area (Å²) in [6, 6.07) is 10.4. The van der Waals surface area contributed by atoms with E-state index in [-0.39, 0.29) is 4.47 Å². The quantitative estimate of drug-likeness (QED) is 0.325. The Hall–Kier alpha value is -1.71. The summed E-state index contributed by atoms with van der Waals surface area (Å²) in [5.41, 5.74) is -3.70. The SMILES string of the molecule is COc1ccc2c(CSCc3ccc(C(F)(F)P(=O)(O)O)c(Br)c3)cc(=O)oc2c1. The van der Waals surface area contributed by atoms with Gasteiger partial charge in [-0.3, -0.25) is 4.57 Å². The lowest BCUT2D eigenvalue weighted by Crippen LogP contribution is -2.14. The molecule has 0 aliphatic heterocycles. The van der Waals surface area contributed by atoms with Crippen molar-refractivity contribution >= 4 is 46.3 Å². The predicted octanol–water partition coefficient (Wildman–Crippen LogP) is 5.22. The van der Waals surface area contributed by atoms with Gasteiger partial charge in [0.05, 0.1) is 7.11 Å². The van der Waals surface area contributed by atoms with E-state index in [1.807, 2.05) is 0 Å². The fourth-order valence-corrected chi connectivity index (χ4v) is 5.10. The summed E-state index contributed by atoms with van der Waals surface area (Å²) >= 11 is 4.42. The van der Waals surface area contributed by atoms with Gasteiger partial charge in [-0.15, -0.1) is 0 Å². The molecule has 0 aliphatic rings. The Bertz CT molecular complexity index is 1190. The Labute approximate surface area is 182 Å². The number of hydrogen-bond donors (Lipinski definition) is 2. The molecule has 6 nitrogen and oxygen atoms in total. The van der Waals surface area contributed by atoms with Crippen molar-refractivity contribution in [1.29, 1.82) is 0 Å². The zero-order chi connectivity index (χ0) is 22.1. The van der Waals surface area contributed by atoms with Gasteiger partial charge in [0.25, 0.3) is 0 Å². The van der Waals surface area contributed by atoms with E-state index in [0.717, 1.165) is 17.0 Å². The number of ether oxygens (including phenoxy) is 1. The Morgan fingerprint density at radius 1 is 1.17 bits per heavy atom. The minimum absolute atomic E-state index is 0.0909. The minimum atomic E-state index is -5.64. The second-order valence-corrected chi connectivity index (χ2v) is 9.83. The third kappa shape index (κ3) is 4.78. The standard InChI is InChI=1S/C19H16BrF2O6PS/c1-27-13-3-4-14-12(7-18(23)28-17(14)8-13)10-30-9-11-2-5-15(16(20)6-11)19(21,22)29(24,25)26/h2-8H,9-10H2,1H3,(H2,24,25,26). The van der Waals surface area contributed by atoms with Crippen LogP contribution in [0, 0.1) is 0 Å².